The first-order valence-corrected chi connectivity index (χ1v) is 12.4. The maximum absolute atomic E-state index is 13.1. The fourth-order valence-electron chi connectivity index (χ4n) is 4.73. The standard InChI is InChI=1S/C26H37N5O2/c1-5-33-16-15-30(4)26-28-23-22(17-31(18(2)3)25(23)32)24(29-26)27-21-13-11-20(12-14-21)19-9-7-6-8-10-19/h11-14,18-19H,5-10,15-17H2,1-4H3,(H,27,28,29). The summed E-state index contributed by atoms with van der Waals surface area (Å²) < 4.78 is 5.49. The summed E-state index contributed by atoms with van der Waals surface area (Å²) in [7, 11) is 1.93. The average molecular weight is 452 g/mol. The van der Waals surface area contributed by atoms with Gasteiger partial charge >= 0.3 is 0 Å². The van der Waals surface area contributed by atoms with Crippen LogP contribution in [0.25, 0.3) is 0 Å². The molecule has 2 aliphatic rings. The van der Waals surface area contributed by atoms with Crippen molar-refractivity contribution in [1.82, 2.24) is 14.9 Å². The molecule has 0 saturated heterocycles. The highest BCUT2D eigenvalue weighted by atomic mass is 16.5. The van der Waals surface area contributed by atoms with Crippen molar-refractivity contribution in [3.63, 3.8) is 0 Å². The van der Waals surface area contributed by atoms with Gasteiger partial charge in [-0.2, -0.15) is 4.98 Å². The predicted octanol–water partition coefficient (Wildman–Crippen LogP) is 5.10. The van der Waals surface area contributed by atoms with Crippen molar-refractivity contribution in [3.05, 3.63) is 41.1 Å². The van der Waals surface area contributed by atoms with Crippen LogP contribution in [0.1, 0.15) is 80.4 Å². The number of fused-ring (bicyclic) bond motifs is 1. The van der Waals surface area contributed by atoms with Crippen molar-refractivity contribution in [2.75, 3.05) is 37.0 Å². The summed E-state index contributed by atoms with van der Waals surface area (Å²) in [6.07, 6.45) is 6.60. The quantitative estimate of drug-likeness (QED) is 0.535. The van der Waals surface area contributed by atoms with Crippen LogP contribution in [-0.4, -0.2) is 53.6 Å². The second-order valence-corrected chi connectivity index (χ2v) is 9.43. The second-order valence-electron chi connectivity index (χ2n) is 9.43. The smallest absolute Gasteiger partial charge is 0.273 e. The highest BCUT2D eigenvalue weighted by Gasteiger charge is 2.34. The molecular weight excluding hydrogens is 414 g/mol. The monoisotopic (exact) mass is 451 g/mol. The van der Waals surface area contributed by atoms with Crippen LogP contribution in [0.2, 0.25) is 0 Å². The number of benzene rings is 1. The van der Waals surface area contributed by atoms with E-state index >= 15 is 0 Å². The van der Waals surface area contributed by atoms with Crippen molar-refractivity contribution in [3.8, 4) is 0 Å². The summed E-state index contributed by atoms with van der Waals surface area (Å²) in [6, 6.07) is 8.84. The van der Waals surface area contributed by atoms with Gasteiger partial charge in [0.15, 0.2) is 0 Å². The molecule has 1 aliphatic carbocycles. The number of likely N-dealkylation sites (N-methyl/N-ethyl adjacent to an activating group) is 1. The van der Waals surface area contributed by atoms with Crippen molar-refractivity contribution in [2.45, 2.75) is 71.4 Å². The predicted molar refractivity (Wildman–Crippen MR) is 132 cm³/mol. The number of nitrogens with one attached hydrogen (secondary N) is 1. The normalized spacial score (nSPS) is 16.4. The summed E-state index contributed by atoms with van der Waals surface area (Å²) in [5.74, 6) is 1.89. The first-order valence-electron chi connectivity index (χ1n) is 12.4. The zero-order chi connectivity index (χ0) is 23.4. The van der Waals surface area contributed by atoms with Gasteiger partial charge < -0.3 is 19.9 Å². The zero-order valence-corrected chi connectivity index (χ0v) is 20.4. The fraction of sp³-hybridized carbons (Fsp3) is 0.577. The Morgan fingerprint density at radius 1 is 1.15 bits per heavy atom. The van der Waals surface area contributed by atoms with Crippen LogP contribution in [0.5, 0.6) is 0 Å². The van der Waals surface area contributed by atoms with Gasteiger partial charge in [0, 0.05) is 37.5 Å². The van der Waals surface area contributed by atoms with Gasteiger partial charge in [-0.1, -0.05) is 31.4 Å². The molecule has 1 saturated carbocycles. The number of ether oxygens (including phenoxy) is 1. The van der Waals surface area contributed by atoms with Crippen molar-refractivity contribution in [2.24, 2.45) is 0 Å². The molecule has 0 unspecified atom stereocenters. The van der Waals surface area contributed by atoms with E-state index in [9.17, 15) is 4.79 Å². The summed E-state index contributed by atoms with van der Waals surface area (Å²) in [6.45, 7) is 8.48. The van der Waals surface area contributed by atoms with Gasteiger partial charge in [-0.15, -0.1) is 0 Å². The summed E-state index contributed by atoms with van der Waals surface area (Å²) in [5, 5.41) is 3.49. The molecule has 2 heterocycles. The molecule has 2 aromatic rings. The van der Waals surface area contributed by atoms with Gasteiger partial charge in [0.25, 0.3) is 5.91 Å². The Bertz CT molecular complexity index is 954. The van der Waals surface area contributed by atoms with E-state index in [0.29, 0.717) is 49.7 Å². The number of carbonyl (C=O) groups is 1. The minimum Gasteiger partial charge on any atom is -0.380 e. The van der Waals surface area contributed by atoms with Gasteiger partial charge in [0.05, 0.1) is 13.2 Å². The molecular formula is C26H37N5O2. The van der Waals surface area contributed by atoms with E-state index in [-0.39, 0.29) is 11.9 Å². The number of nitrogens with zero attached hydrogens (tertiary/aromatic N) is 4. The Hall–Kier alpha value is -2.67. The molecule has 7 heteroatoms. The van der Waals surface area contributed by atoms with Gasteiger partial charge in [0.1, 0.15) is 11.5 Å². The molecule has 0 spiro atoms. The molecule has 4 rings (SSSR count). The fourth-order valence-corrected chi connectivity index (χ4v) is 4.73. The lowest BCUT2D eigenvalue weighted by atomic mass is 9.84. The summed E-state index contributed by atoms with van der Waals surface area (Å²) >= 11 is 0. The maximum atomic E-state index is 13.1. The molecule has 7 nitrogen and oxygen atoms in total. The Labute approximate surface area is 197 Å². The van der Waals surface area contributed by atoms with Crippen LogP contribution in [0, 0.1) is 0 Å². The first-order chi connectivity index (χ1) is 16.0. The molecule has 0 radical (unpaired) electrons. The van der Waals surface area contributed by atoms with E-state index in [2.05, 4.69) is 34.6 Å². The van der Waals surface area contributed by atoms with Gasteiger partial charge in [-0.3, -0.25) is 4.79 Å². The minimum atomic E-state index is -0.0300. The van der Waals surface area contributed by atoms with Gasteiger partial charge in [0.2, 0.25) is 5.95 Å². The van der Waals surface area contributed by atoms with Gasteiger partial charge in [-0.05, 0) is 57.2 Å². The van der Waals surface area contributed by atoms with E-state index in [1.54, 1.807) is 0 Å². The molecule has 33 heavy (non-hydrogen) atoms. The number of aromatic nitrogens is 2. The largest absolute Gasteiger partial charge is 0.380 e. The van der Waals surface area contributed by atoms with Crippen molar-refractivity contribution >= 4 is 23.4 Å². The van der Waals surface area contributed by atoms with Crippen LogP contribution >= 0.6 is 0 Å². The van der Waals surface area contributed by atoms with Crippen LogP contribution < -0.4 is 10.2 Å². The zero-order valence-electron chi connectivity index (χ0n) is 20.4. The summed E-state index contributed by atoms with van der Waals surface area (Å²) in [4.78, 5) is 26.3. The van der Waals surface area contributed by atoms with Crippen molar-refractivity contribution in [1.29, 1.82) is 0 Å². The Morgan fingerprint density at radius 3 is 2.55 bits per heavy atom. The number of carbonyl (C=O) groups excluding carboxylic acids is 1. The SMILES string of the molecule is CCOCCN(C)c1nc(Nc2ccc(C3CCCCC3)cc2)c2c(n1)C(=O)N(C(C)C)C2. The molecule has 1 aliphatic heterocycles. The Kier molecular flexibility index (Phi) is 7.48. The van der Waals surface area contributed by atoms with E-state index in [0.717, 1.165) is 11.3 Å². The number of hydrogen-bond acceptors (Lipinski definition) is 6. The van der Waals surface area contributed by atoms with E-state index in [1.165, 1.54) is 37.7 Å². The van der Waals surface area contributed by atoms with E-state index < -0.39 is 0 Å². The van der Waals surface area contributed by atoms with Crippen LogP contribution in [0.4, 0.5) is 17.5 Å². The molecule has 1 N–H and O–H groups in total. The third kappa shape index (κ3) is 5.29. The third-order valence-corrected chi connectivity index (χ3v) is 6.78. The van der Waals surface area contributed by atoms with E-state index in [4.69, 9.17) is 9.72 Å². The second kappa shape index (κ2) is 10.5. The van der Waals surface area contributed by atoms with Crippen LogP contribution in [-0.2, 0) is 11.3 Å². The summed E-state index contributed by atoms with van der Waals surface area (Å²) in [5.41, 5.74) is 3.77. The average Bonchev–Trinajstić information content (AvgIpc) is 3.17. The molecule has 178 valence electrons. The van der Waals surface area contributed by atoms with Gasteiger partial charge in [-0.25, -0.2) is 4.98 Å². The number of hydrogen-bond donors (Lipinski definition) is 1. The Morgan fingerprint density at radius 2 is 1.88 bits per heavy atom. The number of anilines is 3. The number of rotatable bonds is 9. The van der Waals surface area contributed by atoms with Crippen molar-refractivity contribution < 1.29 is 9.53 Å². The molecule has 0 atom stereocenters. The lowest BCUT2D eigenvalue weighted by Gasteiger charge is -2.22. The van der Waals surface area contributed by atoms with E-state index in [1.807, 2.05) is 37.6 Å². The molecule has 1 aromatic carbocycles. The number of amides is 1. The Balaban J connectivity index is 1.59. The lowest BCUT2D eigenvalue weighted by molar-refractivity contribution is 0.0726. The third-order valence-electron chi connectivity index (χ3n) is 6.78. The van der Waals surface area contributed by atoms with Crippen LogP contribution in [0.3, 0.4) is 0 Å². The molecule has 1 amide bonds. The molecule has 1 fully saturated rings. The molecule has 0 bridgehead atoms. The minimum absolute atomic E-state index is 0.0300. The van der Waals surface area contributed by atoms with Crippen LogP contribution in [0.15, 0.2) is 24.3 Å². The maximum Gasteiger partial charge on any atom is 0.273 e. The highest BCUT2D eigenvalue weighted by Crippen LogP contribution is 2.35. The first kappa shape index (κ1) is 23.5. The topological polar surface area (TPSA) is 70.6 Å². The molecule has 1 aromatic heterocycles. The lowest BCUT2D eigenvalue weighted by Crippen LogP contribution is -2.31. The highest BCUT2D eigenvalue weighted by molar-refractivity contribution is 5.98.